The van der Waals surface area contributed by atoms with Crippen LogP contribution in [0.15, 0.2) is 42.3 Å². The molecule has 0 aliphatic rings. The predicted octanol–water partition coefficient (Wildman–Crippen LogP) is 4.04. The molecule has 150 valence electrons. The van der Waals surface area contributed by atoms with E-state index in [4.69, 9.17) is 0 Å². The third-order valence-corrected chi connectivity index (χ3v) is 5.72. The molecule has 0 saturated carbocycles. The lowest BCUT2D eigenvalue weighted by Gasteiger charge is -2.12. The van der Waals surface area contributed by atoms with Crippen molar-refractivity contribution in [3.05, 3.63) is 59.7 Å². The lowest BCUT2D eigenvalue weighted by Crippen LogP contribution is -2.16. The molecule has 3 rings (SSSR count). The van der Waals surface area contributed by atoms with Gasteiger partial charge in [-0.15, -0.1) is 16.8 Å². The molecule has 0 bridgehead atoms. The summed E-state index contributed by atoms with van der Waals surface area (Å²) >= 11 is 1.33. The molecule has 0 radical (unpaired) electrons. The van der Waals surface area contributed by atoms with Crippen LogP contribution in [0.3, 0.4) is 0 Å². The third-order valence-electron chi connectivity index (χ3n) is 4.64. The van der Waals surface area contributed by atoms with Gasteiger partial charge >= 0.3 is 0 Å². The number of carbonyl (C=O) groups excluding carboxylic acids is 2. The Morgan fingerprint density at radius 1 is 1.34 bits per heavy atom. The zero-order valence-electron chi connectivity index (χ0n) is 16.9. The van der Waals surface area contributed by atoms with E-state index in [0.717, 1.165) is 5.56 Å². The Bertz CT molecular complexity index is 1070. The van der Waals surface area contributed by atoms with E-state index in [-0.39, 0.29) is 11.6 Å². The van der Waals surface area contributed by atoms with Gasteiger partial charge in [-0.1, -0.05) is 17.8 Å². The van der Waals surface area contributed by atoms with Crippen LogP contribution >= 0.6 is 11.8 Å². The summed E-state index contributed by atoms with van der Waals surface area (Å²) in [6.07, 6.45) is 5.18. The second-order valence-electron chi connectivity index (χ2n) is 6.75. The second-order valence-corrected chi connectivity index (χ2v) is 8.06. The Labute approximate surface area is 173 Å². The number of allylic oxidation sites excluding steroid dienone is 1. The molecule has 1 atom stereocenters. The highest BCUT2D eigenvalue weighted by atomic mass is 32.2. The average molecular weight is 410 g/mol. The van der Waals surface area contributed by atoms with E-state index >= 15 is 0 Å². The van der Waals surface area contributed by atoms with Crippen molar-refractivity contribution in [3.63, 3.8) is 0 Å². The van der Waals surface area contributed by atoms with Crippen LogP contribution in [0, 0.1) is 13.8 Å². The van der Waals surface area contributed by atoms with Crippen LogP contribution in [0.25, 0.3) is 11.4 Å². The fourth-order valence-electron chi connectivity index (χ4n) is 3.32. The van der Waals surface area contributed by atoms with Crippen molar-refractivity contribution in [1.29, 1.82) is 0 Å². The minimum atomic E-state index is -0.416. The molecular formula is C21H23N5O2S. The number of carbonyl (C=O) groups is 2. The minimum absolute atomic E-state index is 0.0533. The summed E-state index contributed by atoms with van der Waals surface area (Å²) in [5, 5.41) is 8.78. The number of aryl methyl sites for hydroxylation is 1. The molecule has 8 heteroatoms. The molecule has 0 aromatic carbocycles. The molecule has 0 spiro atoms. The summed E-state index contributed by atoms with van der Waals surface area (Å²) in [7, 11) is 0. The van der Waals surface area contributed by atoms with Gasteiger partial charge in [0.05, 0.1) is 10.9 Å². The smallest absolute Gasteiger partial charge is 0.192 e. The van der Waals surface area contributed by atoms with Crippen LogP contribution in [0.2, 0.25) is 0 Å². The fraction of sp³-hybridized carbons (Fsp3) is 0.286. The Morgan fingerprint density at radius 2 is 2.10 bits per heavy atom. The average Bonchev–Trinajstić information content (AvgIpc) is 3.22. The highest BCUT2D eigenvalue weighted by Crippen LogP contribution is 2.29. The van der Waals surface area contributed by atoms with Crippen LogP contribution in [0.4, 0.5) is 0 Å². The number of Topliss-reactive ketones (excluding diaryl/α,β-unsaturated/α-hetero) is 2. The second kappa shape index (κ2) is 8.57. The van der Waals surface area contributed by atoms with Crippen LogP contribution in [0.5, 0.6) is 0 Å². The van der Waals surface area contributed by atoms with Gasteiger partial charge in [0, 0.05) is 35.8 Å². The van der Waals surface area contributed by atoms with Crippen molar-refractivity contribution in [2.75, 3.05) is 0 Å². The number of hydrogen-bond donors (Lipinski definition) is 1. The fourth-order valence-corrected chi connectivity index (χ4v) is 4.23. The summed E-state index contributed by atoms with van der Waals surface area (Å²) in [6, 6.07) is 3.75. The Hall–Kier alpha value is -3.00. The highest BCUT2D eigenvalue weighted by Gasteiger charge is 2.26. The maximum Gasteiger partial charge on any atom is 0.192 e. The summed E-state index contributed by atoms with van der Waals surface area (Å²) in [6.45, 7) is 11.3. The molecule has 29 heavy (non-hydrogen) atoms. The molecule has 1 N–H and O–H groups in total. The first kappa shape index (κ1) is 20.7. The standard InChI is InChI=1S/C21H23N5O2S/c1-6-10-26-20(16-8-7-9-22-11-16)24-25-21(26)29-15(5)19(28)18-12(2)17(14(4)27)13(3)23-18/h6-9,11,15,23H,1,10H2,2-5H3. The van der Waals surface area contributed by atoms with Crippen molar-refractivity contribution >= 4 is 23.3 Å². The number of hydrogen-bond acceptors (Lipinski definition) is 6. The van der Waals surface area contributed by atoms with Crippen LogP contribution in [-0.2, 0) is 6.54 Å². The van der Waals surface area contributed by atoms with Crippen LogP contribution in [-0.4, -0.2) is 41.5 Å². The topological polar surface area (TPSA) is 93.5 Å². The van der Waals surface area contributed by atoms with Crippen molar-refractivity contribution < 1.29 is 9.59 Å². The number of nitrogens with zero attached hydrogens (tertiary/aromatic N) is 4. The Morgan fingerprint density at radius 3 is 2.69 bits per heavy atom. The number of rotatable bonds is 8. The van der Waals surface area contributed by atoms with E-state index in [1.807, 2.05) is 23.6 Å². The molecule has 1 unspecified atom stereocenters. The molecular weight excluding hydrogens is 386 g/mol. The molecule has 0 saturated heterocycles. The van der Waals surface area contributed by atoms with Gasteiger partial charge < -0.3 is 4.98 Å². The van der Waals surface area contributed by atoms with Crippen molar-refractivity contribution in [3.8, 4) is 11.4 Å². The molecule has 3 aromatic rings. The minimum Gasteiger partial charge on any atom is -0.355 e. The molecule has 0 aliphatic carbocycles. The van der Waals surface area contributed by atoms with Gasteiger partial charge in [0.1, 0.15) is 0 Å². The summed E-state index contributed by atoms with van der Waals surface area (Å²) < 4.78 is 1.91. The monoisotopic (exact) mass is 409 g/mol. The zero-order valence-corrected chi connectivity index (χ0v) is 17.7. The number of aromatic nitrogens is 5. The molecule has 0 amide bonds. The predicted molar refractivity (Wildman–Crippen MR) is 113 cm³/mol. The Kier molecular flexibility index (Phi) is 6.12. The normalized spacial score (nSPS) is 12.0. The lowest BCUT2D eigenvalue weighted by atomic mass is 10.0. The highest BCUT2D eigenvalue weighted by molar-refractivity contribution is 8.00. The maximum atomic E-state index is 13.1. The van der Waals surface area contributed by atoms with Gasteiger partial charge in [0.2, 0.25) is 0 Å². The first-order valence-corrected chi connectivity index (χ1v) is 10.1. The number of aromatic amines is 1. The number of H-pyrrole nitrogens is 1. The van der Waals surface area contributed by atoms with Gasteiger partial charge in [-0.05, 0) is 45.4 Å². The molecule has 3 heterocycles. The van der Waals surface area contributed by atoms with Gasteiger partial charge in [-0.25, -0.2) is 0 Å². The largest absolute Gasteiger partial charge is 0.355 e. The molecule has 0 aliphatic heterocycles. The van der Waals surface area contributed by atoms with Gasteiger partial charge in [-0.3, -0.25) is 19.1 Å². The molecule has 0 fully saturated rings. The van der Waals surface area contributed by atoms with E-state index in [1.54, 1.807) is 32.3 Å². The zero-order chi connectivity index (χ0) is 21.1. The number of nitrogens with one attached hydrogen (secondary N) is 1. The van der Waals surface area contributed by atoms with Gasteiger partial charge in [0.15, 0.2) is 22.5 Å². The van der Waals surface area contributed by atoms with E-state index in [9.17, 15) is 9.59 Å². The summed E-state index contributed by atoms with van der Waals surface area (Å²) in [5.41, 5.74) is 3.30. The van der Waals surface area contributed by atoms with E-state index < -0.39 is 5.25 Å². The van der Waals surface area contributed by atoms with Crippen molar-refractivity contribution in [2.45, 2.75) is 44.6 Å². The number of thioether (sulfide) groups is 1. The first-order valence-electron chi connectivity index (χ1n) is 9.20. The summed E-state index contributed by atoms with van der Waals surface area (Å²) in [4.78, 5) is 32.1. The molecule has 7 nitrogen and oxygen atoms in total. The summed E-state index contributed by atoms with van der Waals surface area (Å²) in [5.74, 6) is 0.535. The Balaban J connectivity index is 1.89. The van der Waals surface area contributed by atoms with E-state index in [2.05, 4.69) is 26.7 Å². The van der Waals surface area contributed by atoms with E-state index in [0.29, 0.717) is 40.0 Å². The first-order chi connectivity index (χ1) is 13.8. The maximum absolute atomic E-state index is 13.1. The van der Waals surface area contributed by atoms with Crippen molar-refractivity contribution in [2.24, 2.45) is 0 Å². The number of pyridine rings is 1. The van der Waals surface area contributed by atoms with Crippen molar-refractivity contribution in [1.82, 2.24) is 24.7 Å². The lowest BCUT2D eigenvalue weighted by molar-refractivity contribution is 0.0988. The molecule has 3 aromatic heterocycles. The SMILES string of the molecule is C=CCn1c(SC(C)C(=O)c2[nH]c(C)c(C(C)=O)c2C)nnc1-c1cccnc1. The quantitative estimate of drug-likeness (QED) is 0.343. The van der Waals surface area contributed by atoms with Gasteiger partial charge in [0.25, 0.3) is 0 Å². The van der Waals surface area contributed by atoms with Crippen LogP contribution in [0.1, 0.15) is 46.0 Å². The van der Waals surface area contributed by atoms with Crippen LogP contribution < -0.4 is 0 Å². The third kappa shape index (κ3) is 4.07. The van der Waals surface area contributed by atoms with E-state index in [1.165, 1.54) is 18.7 Å². The number of ketones is 2. The van der Waals surface area contributed by atoms with Gasteiger partial charge in [-0.2, -0.15) is 0 Å².